The molecule has 4 heterocycles. The van der Waals surface area contributed by atoms with Crippen molar-refractivity contribution >= 4 is 112 Å². The summed E-state index contributed by atoms with van der Waals surface area (Å²) in [6, 6.07) is 13.8. The number of primary amides is 2. The van der Waals surface area contributed by atoms with Gasteiger partial charge in [-0.3, -0.25) is 9.59 Å². The Hall–Kier alpha value is -5.94. The fourth-order valence-corrected chi connectivity index (χ4v) is 9.34. The monoisotopic (exact) mass is 804 g/mol. The number of aryl methyl sites for hydroxylation is 2. The quantitative estimate of drug-likeness (QED) is 0.112. The second-order valence-corrected chi connectivity index (χ2v) is 14.9. The van der Waals surface area contributed by atoms with Crippen molar-refractivity contribution in [3.63, 3.8) is 0 Å². The van der Waals surface area contributed by atoms with Crippen molar-refractivity contribution in [2.75, 3.05) is 0 Å². The van der Waals surface area contributed by atoms with Crippen molar-refractivity contribution in [1.29, 1.82) is 0 Å². The summed E-state index contributed by atoms with van der Waals surface area (Å²) in [5.41, 5.74) is 12.8. The average Bonchev–Trinajstić information content (AvgIpc) is 3.90. The summed E-state index contributed by atoms with van der Waals surface area (Å²) in [5.74, 6) is -5.43. The molecule has 8 aromatic rings. The second kappa shape index (κ2) is 12.9. The first-order valence-corrected chi connectivity index (χ1v) is 18.0. The van der Waals surface area contributed by atoms with Crippen LogP contribution in [-0.2, 0) is 13.1 Å². The highest BCUT2D eigenvalue weighted by Crippen LogP contribution is 2.46. The Kier molecular flexibility index (Phi) is 8.37. The molecule has 270 valence electrons. The minimum atomic E-state index is -1.36. The number of rotatable bonds is 9. The molecule has 0 aliphatic rings. The third-order valence-electron chi connectivity index (χ3n) is 8.93. The van der Waals surface area contributed by atoms with Crippen molar-refractivity contribution < 1.29 is 38.2 Å². The molecular weight excluding hydrogens is 785 g/mol. The maximum Gasteiger partial charge on any atom is 0.346 e. The normalized spacial score (nSPS) is 11.7. The van der Waals surface area contributed by atoms with E-state index in [1.54, 1.807) is 21.3 Å². The van der Waals surface area contributed by atoms with Gasteiger partial charge in [0.1, 0.15) is 33.0 Å². The summed E-state index contributed by atoms with van der Waals surface area (Å²) in [6.07, 6.45) is 0. The van der Waals surface area contributed by atoms with Gasteiger partial charge in [-0.05, 0) is 60.7 Å². The van der Waals surface area contributed by atoms with E-state index in [0.717, 1.165) is 12.1 Å². The maximum atomic E-state index is 15.1. The van der Waals surface area contributed by atoms with Crippen LogP contribution in [0.2, 0.25) is 10.0 Å². The molecule has 4 aromatic heterocycles. The molecule has 0 fully saturated rings. The number of nitrogens with zero attached hydrogens (tertiary/aromatic N) is 4. The van der Waals surface area contributed by atoms with Crippen LogP contribution in [0.25, 0.3) is 65.0 Å². The number of carbonyl (C=O) groups excluding carboxylic acids is 2. The van der Waals surface area contributed by atoms with Gasteiger partial charge in [0.2, 0.25) is 11.8 Å². The van der Waals surface area contributed by atoms with Crippen molar-refractivity contribution in [3.8, 4) is 22.8 Å². The van der Waals surface area contributed by atoms with E-state index in [4.69, 9.17) is 44.6 Å². The zero-order valence-corrected chi connectivity index (χ0v) is 30.1. The summed E-state index contributed by atoms with van der Waals surface area (Å²) >= 11 is 14.5. The molecule has 6 N–H and O–H groups in total. The molecular formula is C36H20Cl2F2N6O6S2. The van der Waals surface area contributed by atoms with E-state index in [1.165, 1.54) is 36.4 Å². The Morgan fingerprint density at radius 3 is 1.39 bits per heavy atom. The number of benzene rings is 4. The highest BCUT2D eigenvalue weighted by atomic mass is 35.5. The molecule has 12 nitrogen and oxygen atoms in total. The fourth-order valence-electron chi connectivity index (χ4n) is 6.59. The minimum Gasteiger partial charge on any atom is -0.477 e. The Labute approximate surface area is 318 Å². The molecule has 4 aromatic carbocycles. The number of hydrogen-bond donors (Lipinski definition) is 4. The largest absolute Gasteiger partial charge is 0.477 e. The summed E-state index contributed by atoms with van der Waals surface area (Å²) in [4.78, 5) is 58.6. The van der Waals surface area contributed by atoms with E-state index in [-0.39, 0.29) is 98.0 Å². The van der Waals surface area contributed by atoms with Crippen LogP contribution in [0.15, 0.2) is 60.7 Å². The third-order valence-corrected chi connectivity index (χ3v) is 11.9. The van der Waals surface area contributed by atoms with Crippen LogP contribution < -0.4 is 11.5 Å². The zero-order chi connectivity index (χ0) is 38.3. The number of amides is 2. The minimum absolute atomic E-state index is 0.00544. The van der Waals surface area contributed by atoms with E-state index in [0.29, 0.717) is 33.7 Å². The van der Waals surface area contributed by atoms with Gasteiger partial charge >= 0.3 is 11.9 Å². The van der Waals surface area contributed by atoms with Gasteiger partial charge in [-0.25, -0.2) is 28.3 Å². The highest BCUT2D eigenvalue weighted by molar-refractivity contribution is 7.22. The first-order valence-electron chi connectivity index (χ1n) is 15.6. The molecule has 0 saturated heterocycles. The van der Waals surface area contributed by atoms with E-state index in [2.05, 4.69) is 0 Å². The molecule has 0 bridgehead atoms. The van der Waals surface area contributed by atoms with Crippen LogP contribution in [0.4, 0.5) is 8.78 Å². The third kappa shape index (κ3) is 5.44. The topological polar surface area (TPSA) is 196 Å². The van der Waals surface area contributed by atoms with Crippen molar-refractivity contribution in [2.45, 2.75) is 13.1 Å². The number of carboxylic acid groups (broad SMARTS) is 2. The van der Waals surface area contributed by atoms with Crippen molar-refractivity contribution in [3.05, 3.63) is 103 Å². The van der Waals surface area contributed by atoms with Crippen LogP contribution in [-0.4, -0.2) is 53.1 Å². The predicted molar refractivity (Wildman–Crippen MR) is 202 cm³/mol. The molecule has 0 spiro atoms. The summed E-state index contributed by atoms with van der Waals surface area (Å²) in [5, 5.41) is 21.0. The highest BCUT2D eigenvalue weighted by Gasteiger charge is 2.30. The number of aromatic carboxylic acids is 2. The number of imidazole rings is 2. The molecule has 0 saturated carbocycles. The number of aromatic nitrogens is 4. The molecule has 0 unspecified atom stereocenters. The lowest BCUT2D eigenvalue weighted by molar-refractivity contribution is 0.0692. The molecule has 0 aliphatic heterocycles. The smallest absolute Gasteiger partial charge is 0.346 e. The molecule has 0 aliphatic carbocycles. The van der Waals surface area contributed by atoms with Gasteiger partial charge in [0.25, 0.3) is 0 Å². The first kappa shape index (κ1) is 35.1. The summed E-state index contributed by atoms with van der Waals surface area (Å²) < 4.78 is 33.6. The predicted octanol–water partition coefficient (Wildman–Crippen LogP) is 8.03. The van der Waals surface area contributed by atoms with Gasteiger partial charge < -0.3 is 30.8 Å². The molecule has 0 atom stereocenters. The summed E-state index contributed by atoms with van der Waals surface area (Å²) in [7, 11) is 0. The maximum absolute atomic E-state index is 15.1. The Bertz CT molecular complexity index is 2790. The zero-order valence-electron chi connectivity index (χ0n) is 27.0. The second-order valence-electron chi connectivity index (χ2n) is 12.0. The molecule has 18 heteroatoms. The lowest BCUT2D eigenvalue weighted by Crippen LogP contribution is -2.12. The van der Waals surface area contributed by atoms with E-state index in [1.807, 2.05) is 0 Å². The van der Waals surface area contributed by atoms with E-state index < -0.39 is 35.4 Å². The standard InChI is InChI=1S/C36H20Cl2F2N6O6S2/c37-15-3-5-17(39)27-23(15)25(29(53-27)35(49)50)33-43-19-11-13(31(41)47)1-7-21(19)45(33)9-10-46-22-8-2-14(32(42)48)12-20(22)44-34(46)26-24-16(38)4-6-18(40)28(24)54-30(26)36(51)52/h1-8,11-12H,9-10H2,(H2,41,47)(H2,42,48)(H,49,50)(H,51,52). The number of carbonyl (C=O) groups is 4. The van der Waals surface area contributed by atoms with Gasteiger partial charge in [0.05, 0.1) is 52.6 Å². The van der Waals surface area contributed by atoms with Crippen molar-refractivity contribution in [2.24, 2.45) is 11.5 Å². The lowest BCUT2D eigenvalue weighted by atomic mass is 10.1. The van der Waals surface area contributed by atoms with Crippen LogP contribution in [0.3, 0.4) is 0 Å². The molecule has 54 heavy (non-hydrogen) atoms. The molecule has 2 amide bonds. The summed E-state index contributed by atoms with van der Waals surface area (Å²) in [6.45, 7) is -0.0403. The van der Waals surface area contributed by atoms with Crippen LogP contribution in [0, 0.1) is 11.6 Å². The Morgan fingerprint density at radius 2 is 1.04 bits per heavy atom. The van der Waals surface area contributed by atoms with E-state index in [9.17, 15) is 29.4 Å². The first-order chi connectivity index (χ1) is 25.7. The van der Waals surface area contributed by atoms with E-state index >= 15 is 8.78 Å². The van der Waals surface area contributed by atoms with Gasteiger partial charge in [0, 0.05) is 35.0 Å². The van der Waals surface area contributed by atoms with Gasteiger partial charge in [-0.15, -0.1) is 22.7 Å². The van der Waals surface area contributed by atoms with Gasteiger partial charge in [-0.1, -0.05) is 23.2 Å². The van der Waals surface area contributed by atoms with Gasteiger partial charge in [0.15, 0.2) is 0 Å². The number of nitrogens with two attached hydrogens (primary N) is 2. The lowest BCUT2D eigenvalue weighted by Gasteiger charge is -2.14. The fraction of sp³-hybridized carbons (Fsp3) is 0.0556. The van der Waals surface area contributed by atoms with Crippen LogP contribution in [0.1, 0.15) is 40.1 Å². The molecule has 8 rings (SSSR count). The van der Waals surface area contributed by atoms with Crippen LogP contribution in [0.5, 0.6) is 0 Å². The Balaban J connectivity index is 1.40. The number of carboxylic acids is 2. The number of thiophene rings is 2. The van der Waals surface area contributed by atoms with Crippen molar-refractivity contribution in [1.82, 2.24) is 19.1 Å². The number of fused-ring (bicyclic) bond motifs is 4. The van der Waals surface area contributed by atoms with Crippen LogP contribution >= 0.6 is 45.9 Å². The SMILES string of the molecule is NC(=O)c1ccc2c(c1)nc(-c1c(C(=O)O)sc3c(F)ccc(Cl)c13)n2CCn1c(-c2c(C(=O)O)sc3c(F)ccc(Cl)c23)nc2cc(C(N)=O)ccc21. The Morgan fingerprint density at radius 1 is 0.648 bits per heavy atom. The average molecular weight is 806 g/mol. The number of hydrogen-bond acceptors (Lipinski definition) is 8. The van der Waals surface area contributed by atoms with Gasteiger partial charge in [-0.2, -0.15) is 0 Å². The number of halogens is 4. The molecule has 0 radical (unpaired) electrons.